The zero-order valence-electron chi connectivity index (χ0n) is 8.67. The zero-order chi connectivity index (χ0) is 9.52. The quantitative estimate of drug-likeness (QED) is 0.731. The molecule has 1 fully saturated rings. The van der Waals surface area contributed by atoms with Crippen LogP contribution < -0.4 is 0 Å². The van der Waals surface area contributed by atoms with Crippen molar-refractivity contribution in [3.8, 4) is 0 Å². The molecule has 0 aromatic heterocycles. The number of hydrogen-bond donors (Lipinski definition) is 1. The standard InChI is InChI=1S/C11H22O2/c1-2-3-7-10(12)11-8-5-4-6-9-13-11/h10-12H,2-9H2,1H3/t10-,11+/m0/s1. The highest BCUT2D eigenvalue weighted by Crippen LogP contribution is 2.18. The molecule has 1 rings (SSSR count). The molecule has 0 radical (unpaired) electrons. The summed E-state index contributed by atoms with van der Waals surface area (Å²) in [4.78, 5) is 0. The van der Waals surface area contributed by atoms with Gasteiger partial charge in [0, 0.05) is 6.61 Å². The van der Waals surface area contributed by atoms with Crippen LogP contribution in [0.2, 0.25) is 0 Å². The third-order valence-electron chi connectivity index (χ3n) is 2.75. The first-order valence-electron chi connectivity index (χ1n) is 5.64. The van der Waals surface area contributed by atoms with Crippen LogP contribution in [-0.4, -0.2) is 23.9 Å². The van der Waals surface area contributed by atoms with Gasteiger partial charge in [-0.05, 0) is 19.3 Å². The van der Waals surface area contributed by atoms with E-state index in [0.29, 0.717) is 0 Å². The molecular weight excluding hydrogens is 164 g/mol. The van der Waals surface area contributed by atoms with E-state index in [4.69, 9.17) is 4.74 Å². The van der Waals surface area contributed by atoms with Crippen molar-refractivity contribution < 1.29 is 9.84 Å². The molecule has 0 bridgehead atoms. The third-order valence-corrected chi connectivity index (χ3v) is 2.75. The summed E-state index contributed by atoms with van der Waals surface area (Å²) in [5.74, 6) is 0. The van der Waals surface area contributed by atoms with Crippen molar-refractivity contribution >= 4 is 0 Å². The molecule has 0 spiro atoms. The van der Waals surface area contributed by atoms with Gasteiger partial charge in [0.1, 0.15) is 0 Å². The second-order valence-electron chi connectivity index (χ2n) is 3.97. The van der Waals surface area contributed by atoms with Crippen LogP contribution in [0, 0.1) is 0 Å². The molecular formula is C11H22O2. The molecule has 1 heterocycles. The number of ether oxygens (including phenoxy) is 1. The van der Waals surface area contributed by atoms with Crippen molar-refractivity contribution in [1.29, 1.82) is 0 Å². The summed E-state index contributed by atoms with van der Waals surface area (Å²) >= 11 is 0. The molecule has 0 saturated carbocycles. The fourth-order valence-corrected chi connectivity index (χ4v) is 1.85. The van der Waals surface area contributed by atoms with Crippen molar-refractivity contribution in [2.45, 2.75) is 64.1 Å². The summed E-state index contributed by atoms with van der Waals surface area (Å²) in [6, 6.07) is 0. The van der Waals surface area contributed by atoms with Crippen LogP contribution in [0.1, 0.15) is 51.9 Å². The minimum atomic E-state index is -0.224. The summed E-state index contributed by atoms with van der Waals surface area (Å²) in [5.41, 5.74) is 0. The van der Waals surface area contributed by atoms with Gasteiger partial charge in [0.15, 0.2) is 0 Å². The van der Waals surface area contributed by atoms with Gasteiger partial charge in [0.25, 0.3) is 0 Å². The maximum Gasteiger partial charge on any atom is 0.0833 e. The van der Waals surface area contributed by atoms with Crippen molar-refractivity contribution in [3.63, 3.8) is 0 Å². The van der Waals surface area contributed by atoms with Gasteiger partial charge in [-0.1, -0.05) is 32.6 Å². The van der Waals surface area contributed by atoms with Crippen molar-refractivity contribution in [1.82, 2.24) is 0 Å². The highest BCUT2D eigenvalue weighted by Gasteiger charge is 2.20. The topological polar surface area (TPSA) is 29.5 Å². The van der Waals surface area contributed by atoms with Gasteiger partial charge in [0.2, 0.25) is 0 Å². The molecule has 1 N–H and O–H groups in total. The summed E-state index contributed by atoms with van der Waals surface area (Å²) in [7, 11) is 0. The van der Waals surface area contributed by atoms with E-state index in [9.17, 15) is 5.11 Å². The fraction of sp³-hybridized carbons (Fsp3) is 1.00. The van der Waals surface area contributed by atoms with Crippen molar-refractivity contribution in [2.24, 2.45) is 0 Å². The molecule has 0 aliphatic carbocycles. The highest BCUT2D eigenvalue weighted by atomic mass is 16.5. The van der Waals surface area contributed by atoms with Gasteiger partial charge >= 0.3 is 0 Å². The Kier molecular flexibility index (Phi) is 5.40. The molecule has 2 heteroatoms. The Morgan fingerprint density at radius 1 is 1.38 bits per heavy atom. The van der Waals surface area contributed by atoms with Crippen LogP contribution in [0.3, 0.4) is 0 Å². The zero-order valence-corrected chi connectivity index (χ0v) is 8.67. The number of aliphatic hydroxyl groups is 1. The van der Waals surface area contributed by atoms with Crippen LogP contribution in [0.5, 0.6) is 0 Å². The van der Waals surface area contributed by atoms with Crippen LogP contribution >= 0.6 is 0 Å². The van der Waals surface area contributed by atoms with Gasteiger partial charge in [0.05, 0.1) is 12.2 Å². The Bertz CT molecular complexity index is 117. The minimum absolute atomic E-state index is 0.119. The molecule has 78 valence electrons. The van der Waals surface area contributed by atoms with Crippen LogP contribution in [0.15, 0.2) is 0 Å². The Balaban J connectivity index is 2.22. The number of hydrogen-bond acceptors (Lipinski definition) is 2. The normalized spacial score (nSPS) is 26.8. The van der Waals surface area contributed by atoms with E-state index in [1.54, 1.807) is 0 Å². The Hall–Kier alpha value is -0.0800. The Morgan fingerprint density at radius 3 is 3.00 bits per heavy atom. The lowest BCUT2D eigenvalue weighted by Crippen LogP contribution is -2.28. The molecule has 1 aliphatic rings. The van der Waals surface area contributed by atoms with E-state index >= 15 is 0 Å². The number of unbranched alkanes of at least 4 members (excludes halogenated alkanes) is 1. The number of aliphatic hydroxyl groups excluding tert-OH is 1. The largest absolute Gasteiger partial charge is 0.390 e. The average Bonchev–Trinajstić information content (AvgIpc) is 2.42. The first kappa shape index (κ1) is 11.0. The van der Waals surface area contributed by atoms with E-state index < -0.39 is 0 Å². The molecule has 0 amide bonds. The summed E-state index contributed by atoms with van der Waals surface area (Å²) in [6.45, 7) is 2.99. The van der Waals surface area contributed by atoms with E-state index in [2.05, 4.69) is 6.92 Å². The van der Waals surface area contributed by atoms with Gasteiger partial charge < -0.3 is 9.84 Å². The lowest BCUT2D eigenvalue weighted by atomic mass is 10.0. The molecule has 13 heavy (non-hydrogen) atoms. The van der Waals surface area contributed by atoms with Gasteiger partial charge in [-0.3, -0.25) is 0 Å². The molecule has 0 aromatic carbocycles. The Morgan fingerprint density at radius 2 is 2.23 bits per heavy atom. The molecule has 1 saturated heterocycles. The van der Waals surface area contributed by atoms with Crippen LogP contribution in [-0.2, 0) is 4.74 Å². The van der Waals surface area contributed by atoms with E-state index in [0.717, 1.165) is 38.7 Å². The van der Waals surface area contributed by atoms with Crippen LogP contribution in [0.4, 0.5) is 0 Å². The smallest absolute Gasteiger partial charge is 0.0833 e. The van der Waals surface area contributed by atoms with E-state index in [1.165, 1.54) is 12.8 Å². The second-order valence-corrected chi connectivity index (χ2v) is 3.97. The van der Waals surface area contributed by atoms with Gasteiger partial charge in [-0.2, -0.15) is 0 Å². The summed E-state index contributed by atoms with van der Waals surface area (Å²) < 4.78 is 5.61. The fourth-order valence-electron chi connectivity index (χ4n) is 1.85. The maximum absolute atomic E-state index is 9.81. The molecule has 2 atom stereocenters. The number of rotatable bonds is 4. The minimum Gasteiger partial charge on any atom is -0.390 e. The van der Waals surface area contributed by atoms with Crippen LogP contribution in [0.25, 0.3) is 0 Å². The Labute approximate surface area is 81.3 Å². The third kappa shape index (κ3) is 4.10. The van der Waals surface area contributed by atoms with Crippen molar-refractivity contribution in [3.05, 3.63) is 0 Å². The summed E-state index contributed by atoms with van der Waals surface area (Å²) in [5, 5.41) is 9.81. The lowest BCUT2D eigenvalue weighted by Gasteiger charge is -2.21. The first-order valence-corrected chi connectivity index (χ1v) is 5.64. The van der Waals surface area contributed by atoms with E-state index in [-0.39, 0.29) is 12.2 Å². The lowest BCUT2D eigenvalue weighted by molar-refractivity contribution is -0.0381. The second kappa shape index (κ2) is 6.39. The average molecular weight is 186 g/mol. The highest BCUT2D eigenvalue weighted by molar-refractivity contribution is 4.71. The molecule has 0 aromatic rings. The summed E-state index contributed by atoms with van der Waals surface area (Å²) in [6.07, 6.45) is 7.76. The SMILES string of the molecule is CCCC[C@H](O)[C@H]1CCCCCO1. The predicted octanol–water partition coefficient (Wildman–Crippen LogP) is 2.50. The van der Waals surface area contributed by atoms with Gasteiger partial charge in [-0.15, -0.1) is 0 Å². The molecule has 0 unspecified atom stereocenters. The molecule has 1 aliphatic heterocycles. The predicted molar refractivity (Wildman–Crippen MR) is 53.7 cm³/mol. The maximum atomic E-state index is 9.81. The monoisotopic (exact) mass is 186 g/mol. The van der Waals surface area contributed by atoms with Gasteiger partial charge in [-0.25, -0.2) is 0 Å². The van der Waals surface area contributed by atoms with E-state index in [1.807, 2.05) is 0 Å². The molecule has 2 nitrogen and oxygen atoms in total. The first-order chi connectivity index (χ1) is 6.34. The van der Waals surface area contributed by atoms with Crippen molar-refractivity contribution in [2.75, 3.05) is 6.61 Å².